The Kier molecular flexibility index (Phi) is 2.77. The van der Waals surface area contributed by atoms with Crippen molar-refractivity contribution < 1.29 is 4.74 Å². The third-order valence-electron chi connectivity index (χ3n) is 1.81. The molecule has 0 aliphatic heterocycles. The zero-order valence-electron chi connectivity index (χ0n) is 8.10. The van der Waals surface area contributed by atoms with E-state index in [1.165, 1.54) is 18.1 Å². The first-order chi connectivity index (χ1) is 7.29. The Hall–Kier alpha value is -1.69. The number of hydrogen-bond acceptors (Lipinski definition) is 5. The molecule has 0 fully saturated rings. The Morgan fingerprint density at radius 2 is 2.33 bits per heavy atom. The highest BCUT2D eigenvalue weighted by Gasteiger charge is 2.04. The molecule has 0 aliphatic rings. The van der Waals surface area contributed by atoms with Crippen LogP contribution >= 0.6 is 11.8 Å². The second kappa shape index (κ2) is 4.22. The number of aromatic nitrogens is 3. The highest BCUT2D eigenvalue weighted by molar-refractivity contribution is 7.99. The van der Waals surface area contributed by atoms with Crippen LogP contribution in [0, 0.1) is 0 Å². The quantitative estimate of drug-likeness (QED) is 0.770. The number of benzene rings is 1. The molecular formula is C9H10N4OS. The van der Waals surface area contributed by atoms with Gasteiger partial charge in [0.2, 0.25) is 0 Å². The van der Waals surface area contributed by atoms with Gasteiger partial charge in [-0.1, -0.05) is 11.8 Å². The summed E-state index contributed by atoms with van der Waals surface area (Å²) in [4.78, 5) is 5.01. The summed E-state index contributed by atoms with van der Waals surface area (Å²) in [6, 6.07) is 5.57. The minimum absolute atomic E-state index is 0.624. The molecule has 0 bridgehead atoms. The number of H-pyrrole nitrogens is 1. The van der Waals surface area contributed by atoms with Crippen molar-refractivity contribution in [3.63, 3.8) is 0 Å². The monoisotopic (exact) mass is 222 g/mol. The third kappa shape index (κ3) is 2.21. The van der Waals surface area contributed by atoms with E-state index in [2.05, 4.69) is 15.2 Å². The molecule has 1 heterocycles. The fourth-order valence-corrected chi connectivity index (χ4v) is 1.83. The van der Waals surface area contributed by atoms with Crippen LogP contribution in [0.3, 0.4) is 0 Å². The van der Waals surface area contributed by atoms with Crippen LogP contribution in [-0.4, -0.2) is 22.3 Å². The number of hydrogen-bond donors (Lipinski definition) is 2. The summed E-state index contributed by atoms with van der Waals surface area (Å²) < 4.78 is 5.12. The van der Waals surface area contributed by atoms with Gasteiger partial charge < -0.3 is 10.5 Å². The van der Waals surface area contributed by atoms with E-state index in [0.29, 0.717) is 11.4 Å². The van der Waals surface area contributed by atoms with Crippen LogP contribution in [0.2, 0.25) is 0 Å². The second-order valence-corrected chi connectivity index (χ2v) is 3.86. The molecule has 0 amide bonds. The van der Waals surface area contributed by atoms with Gasteiger partial charge in [0, 0.05) is 4.90 Å². The van der Waals surface area contributed by atoms with Crippen LogP contribution in [-0.2, 0) is 0 Å². The van der Waals surface area contributed by atoms with Gasteiger partial charge in [0.15, 0.2) is 5.16 Å². The Bertz CT molecular complexity index is 443. The van der Waals surface area contributed by atoms with Crippen molar-refractivity contribution in [3.8, 4) is 5.75 Å². The molecule has 0 radical (unpaired) electrons. The van der Waals surface area contributed by atoms with Crippen molar-refractivity contribution in [2.24, 2.45) is 0 Å². The molecule has 2 aromatic rings. The van der Waals surface area contributed by atoms with E-state index in [-0.39, 0.29) is 0 Å². The molecule has 0 atom stereocenters. The fourth-order valence-electron chi connectivity index (χ4n) is 1.11. The Morgan fingerprint density at radius 1 is 1.47 bits per heavy atom. The number of nitrogens with one attached hydrogen (secondary N) is 1. The first-order valence-corrected chi connectivity index (χ1v) is 5.08. The molecule has 0 saturated heterocycles. The number of aromatic amines is 1. The van der Waals surface area contributed by atoms with Crippen molar-refractivity contribution in [2.75, 3.05) is 12.8 Å². The SMILES string of the molecule is COc1cc(Sc2ncn[nH]2)ccc1N. The largest absolute Gasteiger partial charge is 0.495 e. The lowest BCUT2D eigenvalue weighted by molar-refractivity contribution is 0.416. The summed E-state index contributed by atoms with van der Waals surface area (Å²) in [5.74, 6) is 0.666. The maximum absolute atomic E-state index is 5.70. The van der Waals surface area contributed by atoms with Crippen molar-refractivity contribution >= 4 is 17.4 Å². The zero-order chi connectivity index (χ0) is 10.7. The fraction of sp³-hybridized carbons (Fsp3) is 0.111. The van der Waals surface area contributed by atoms with E-state index in [4.69, 9.17) is 10.5 Å². The number of rotatable bonds is 3. The number of ether oxygens (including phenoxy) is 1. The van der Waals surface area contributed by atoms with Crippen molar-refractivity contribution in [1.82, 2.24) is 15.2 Å². The van der Waals surface area contributed by atoms with E-state index < -0.39 is 0 Å². The van der Waals surface area contributed by atoms with Crippen LogP contribution in [0.15, 0.2) is 34.6 Å². The van der Waals surface area contributed by atoms with E-state index in [0.717, 1.165) is 10.1 Å². The van der Waals surface area contributed by atoms with Crippen LogP contribution in [0.25, 0.3) is 0 Å². The lowest BCUT2D eigenvalue weighted by atomic mass is 10.3. The number of methoxy groups -OCH3 is 1. The smallest absolute Gasteiger partial charge is 0.188 e. The molecule has 1 aromatic heterocycles. The average Bonchev–Trinajstić information content (AvgIpc) is 2.73. The van der Waals surface area contributed by atoms with Gasteiger partial charge in [-0.25, -0.2) is 4.98 Å². The van der Waals surface area contributed by atoms with E-state index in [9.17, 15) is 0 Å². The Labute approximate surface area is 91.0 Å². The van der Waals surface area contributed by atoms with E-state index in [1.807, 2.05) is 12.1 Å². The molecule has 2 rings (SSSR count). The van der Waals surface area contributed by atoms with Gasteiger partial charge in [0.25, 0.3) is 0 Å². The first kappa shape index (κ1) is 9.85. The molecule has 5 nitrogen and oxygen atoms in total. The van der Waals surface area contributed by atoms with E-state index in [1.54, 1.807) is 13.2 Å². The molecule has 0 unspecified atom stereocenters. The zero-order valence-corrected chi connectivity index (χ0v) is 8.91. The number of anilines is 1. The number of nitrogens with two attached hydrogens (primary N) is 1. The van der Waals surface area contributed by atoms with Crippen LogP contribution < -0.4 is 10.5 Å². The molecule has 0 aliphatic carbocycles. The van der Waals surface area contributed by atoms with Crippen LogP contribution in [0.5, 0.6) is 5.75 Å². The second-order valence-electron chi connectivity index (χ2n) is 2.80. The summed E-state index contributed by atoms with van der Waals surface area (Å²) in [6.45, 7) is 0. The van der Waals surface area contributed by atoms with Crippen LogP contribution in [0.4, 0.5) is 5.69 Å². The molecule has 0 spiro atoms. The topological polar surface area (TPSA) is 76.8 Å². The molecule has 1 aromatic carbocycles. The van der Waals surface area contributed by atoms with Crippen molar-refractivity contribution in [1.29, 1.82) is 0 Å². The van der Waals surface area contributed by atoms with Gasteiger partial charge >= 0.3 is 0 Å². The summed E-state index contributed by atoms with van der Waals surface area (Å²) in [5, 5.41) is 7.27. The Balaban J connectivity index is 2.22. The summed E-state index contributed by atoms with van der Waals surface area (Å²) >= 11 is 1.47. The molecular weight excluding hydrogens is 212 g/mol. The van der Waals surface area contributed by atoms with Gasteiger partial charge in [0.05, 0.1) is 12.8 Å². The summed E-state index contributed by atoms with van der Waals surface area (Å²) in [7, 11) is 1.59. The normalized spacial score (nSPS) is 10.2. The Morgan fingerprint density at radius 3 is 3.00 bits per heavy atom. The van der Waals surface area contributed by atoms with Crippen LogP contribution in [0.1, 0.15) is 0 Å². The number of nitrogen functional groups attached to an aromatic ring is 1. The maximum Gasteiger partial charge on any atom is 0.188 e. The van der Waals surface area contributed by atoms with Crippen molar-refractivity contribution in [3.05, 3.63) is 24.5 Å². The molecule has 78 valence electrons. The lowest BCUT2D eigenvalue weighted by Gasteiger charge is -2.05. The van der Waals surface area contributed by atoms with Gasteiger partial charge in [-0.15, -0.1) is 0 Å². The average molecular weight is 222 g/mol. The maximum atomic E-state index is 5.70. The predicted octanol–water partition coefficient (Wildman–Crippen LogP) is 1.55. The lowest BCUT2D eigenvalue weighted by Crippen LogP contribution is -1.91. The predicted molar refractivity (Wildman–Crippen MR) is 57.9 cm³/mol. The molecule has 3 N–H and O–H groups in total. The molecule has 15 heavy (non-hydrogen) atoms. The highest BCUT2D eigenvalue weighted by atomic mass is 32.2. The van der Waals surface area contributed by atoms with Gasteiger partial charge in [-0.05, 0) is 18.2 Å². The summed E-state index contributed by atoms with van der Waals surface area (Å²) in [5.41, 5.74) is 6.33. The molecule has 6 heteroatoms. The van der Waals surface area contributed by atoms with E-state index >= 15 is 0 Å². The minimum Gasteiger partial charge on any atom is -0.495 e. The van der Waals surface area contributed by atoms with Gasteiger partial charge in [-0.3, -0.25) is 5.10 Å². The first-order valence-electron chi connectivity index (χ1n) is 4.26. The minimum atomic E-state index is 0.624. The summed E-state index contributed by atoms with van der Waals surface area (Å²) in [6.07, 6.45) is 1.47. The number of nitrogens with zero attached hydrogens (tertiary/aromatic N) is 2. The van der Waals surface area contributed by atoms with Gasteiger partial charge in [0.1, 0.15) is 12.1 Å². The standard InChI is InChI=1S/C9H10N4OS/c1-14-8-4-6(2-3-7(8)10)15-9-11-5-12-13-9/h2-5H,10H2,1H3,(H,11,12,13). The third-order valence-corrected chi connectivity index (χ3v) is 2.69. The van der Waals surface area contributed by atoms with Gasteiger partial charge in [-0.2, -0.15) is 5.10 Å². The highest BCUT2D eigenvalue weighted by Crippen LogP contribution is 2.30. The van der Waals surface area contributed by atoms with Crippen molar-refractivity contribution in [2.45, 2.75) is 10.1 Å². The molecule has 0 saturated carbocycles.